The van der Waals surface area contributed by atoms with Crippen LogP contribution in [0.2, 0.25) is 0 Å². The van der Waals surface area contributed by atoms with E-state index in [0.29, 0.717) is 6.04 Å². The summed E-state index contributed by atoms with van der Waals surface area (Å²) in [6.45, 7) is 2.27. The third-order valence-corrected chi connectivity index (χ3v) is 3.00. The molecule has 1 radical (unpaired) electrons. The van der Waals surface area contributed by atoms with E-state index in [1.807, 2.05) is 12.1 Å². The van der Waals surface area contributed by atoms with Crippen molar-refractivity contribution in [1.82, 2.24) is 10.4 Å². The summed E-state index contributed by atoms with van der Waals surface area (Å²) in [5, 5.41) is 2.05. The Morgan fingerprint density at radius 1 is 1.25 bits per heavy atom. The van der Waals surface area contributed by atoms with Gasteiger partial charge in [-0.25, -0.2) is 0 Å². The van der Waals surface area contributed by atoms with E-state index in [2.05, 4.69) is 47.6 Å². The second-order valence-electron chi connectivity index (χ2n) is 4.54. The maximum atomic E-state index is 3.45. The topological polar surface area (TPSA) is 18.5 Å². The van der Waals surface area contributed by atoms with Gasteiger partial charge in [0.2, 0.25) is 0 Å². The molecule has 1 fully saturated rings. The van der Waals surface area contributed by atoms with E-state index in [1.165, 1.54) is 18.5 Å². The number of rotatable bonds is 3. The molecule has 0 unspecified atom stereocenters. The quantitative estimate of drug-likeness (QED) is 0.776. The van der Waals surface area contributed by atoms with Crippen LogP contribution in [-0.4, -0.2) is 38.2 Å². The first-order chi connectivity index (χ1) is 7.75. The molecule has 1 aromatic rings. The summed E-state index contributed by atoms with van der Waals surface area (Å²) < 4.78 is 0. The monoisotopic (exact) mass is 218 g/mol. The molecule has 0 spiro atoms. The highest BCUT2D eigenvalue weighted by Crippen LogP contribution is 2.19. The van der Waals surface area contributed by atoms with Gasteiger partial charge in [0.05, 0.1) is 0 Å². The van der Waals surface area contributed by atoms with Gasteiger partial charge in [-0.15, -0.1) is 0 Å². The molecule has 0 amide bonds. The summed E-state index contributed by atoms with van der Waals surface area (Å²) in [6, 6.07) is 11.9. The second-order valence-corrected chi connectivity index (χ2v) is 4.54. The third-order valence-electron chi connectivity index (χ3n) is 3.00. The zero-order valence-electron chi connectivity index (χ0n) is 10.1. The number of hydrazine groups is 1. The van der Waals surface area contributed by atoms with Gasteiger partial charge in [-0.1, -0.05) is 12.1 Å². The van der Waals surface area contributed by atoms with Crippen LogP contribution in [0, 0.1) is 6.07 Å². The summed E-state index contributed by atoms with van der Waals surface area (Å²) in [5.74, 6) is 0. The van der Waals surface area contributed by atoms with Gasteiger partial charge < -0.3 is 4.90 Å². The average Bonchev–Trinajstić information content (AvgIpc) is 2.30. The molecule has 1 N–H and O–H groups in total. The van der Waals surface area contributed by atoms with Crippen molar-refractivity contribution in [3.63, 3.8) is 0 Å². The van der Waals surface area contributed by atoms with Gasteiger partial charge >= 0.3 is 0 Å². The summed E-state index contributed by atoms with van der Waals surface area (Å²) in [6.07, 6.45) is 2.41. The van der Waals surface area contributed by atoms with Crippen LogP contribution in [0.25, 0.3) is 0 Å². The molecule has 0 aliphatic carbocycles. The minimum absolute atomic E-state index is 0.626. The minimum atomic E-state index is 0.626. The molecule has 0 saturated carbocycles. The number of piperidine rings is 1. The van der Waals surface area contributed by atoms with Gasteiger partial charge in [-0.2, -0.15) is 0 Å². The van der Waals surface area contributed by atoms with Gasteiger partial charge in [0.1, 0.15) is 0 Å². The number of hydrogen-bond donors (Lipinski definition) is 1. The summed E-state index contributed by atoms with van der Waals surface area (Å²) in [5.41, 5.74) is 4.78. The van der Waals surface area contributed by atoms with Crippen molar-refractivity contribution in [3.05, 3.63) is 30.3 Å². The average molecular weight is 218 g/mol. The summed E-state index contributed by atoms with van der Waals surface area (Å²) in [7, 11) is 4.11. The Morgan fingerprint density at radius 3 is 2.44 bits per heavy atom. The third kappa shape index (κ3) is 2.97. The van der Waals surface area contributed by atoms with E-state index < -0.39 is 0 Å². The number of benzene rings is 1. The lowest BCUT2D eigenvalue weighted by Gasteiger charge is -2.35. The SMILES string of the molecule is CN(C)NC1CCN(c2cc[c]cc2)CC1. The highest BCUT2D eigenvalue weighted by molar-refractivity contribution is 5.46. The van der Waals surface area contributed by atoms with E-state index in [-0.39, 0.29) is 0 Å². The Bertz CT molecular complexity index is 302. The van der Waals surface area contributed by atoms with Crippen LogP contribution in [-0.2, 0) is 0 Å². The molecular formula is C13H20N3. The molecular weight excluding hydrogens is 198 g/mol. The van der Waals surface area contributed by atoms with Crippen LogP contribution in [0.15, 0.2) is 24.3 Å². The Balaban J connectivity index is 1.86. The lowest BCUT2D eigenvalue weighted by atomic mass is 10.1. The fourth-order valence-corrected chi connectivity index (χ4v) is 2.22. The number of anilines is 1. The van der Waals surface area contributed by atoms with E-state index in [1.54, 1.807) is 0 Å². The van der Waals surface area contributed by atoms with Crippen molar-refractivity contribution < 1.29 is 0 Å². The largest absolute Gasteiger partial charge is 0.371 e. The molecule has 3 heteroatoms. The first kappa shape index (κ1) is 11.4. The second kappa shape index (κ2) is 5.32. The van der Waals surface area contributed by atoms with Crippen LogP contribution >= 0.6 is 0 Å². The molecule has 1 aliphatic heterocycles. The van der Waals surface area contributed by atoms with Crippen molar-refractivity contribution in [2.45, 2.75) is 18.9 Å². The van der Waals surface area contributed by atoms with E-state index in [4.69, 9.17) is 0 Å². The summed E-state index contributed by atoms with van der Waals surface area (Å²) in [4.78, 5) is 2.45. The summed E-state index contributed by atoms with van der Waals surface area (Å²) >= 11 is 0. The molecule has 16 heavy (non-hydrogen) atoms. The fraction of sp³-hybridized carbons (Fsp3) is 0.538. The van der Waals surface area contributed by atoms with E-state index >= 15 is 0 Å². The van der Waals surface area contributed by atoms with Crippen LogP contribution < -0.4 is 10.3 Å². The minimum Gasteiger partial charge on any atom is -0.371 e. The van der Waals surface area contributed by atoms with Crippen LogP contribution in [0.4, 0.5) is 5.69 Å². The number of hydrogen-bond acceptors (Lipinski definition) is 3. The molecule has 1 saturated heterocycles. The molecule has 2 rings (SSSR count). The molecule has 87 valence electrons. The molecule has 1 aromatic carbocycles. The Kier molecular flexibility index (Phi) is 3.80. The van der Waals surface area contributed by atoms with Crippen LogP contribution in [0.1, 0.15) is 12.8 Å². The molecule has 3 nitrogen and oxygen atoms in total. The number of nitrogens with zero attached hydrogens (tertiary/aromatic N) is 2. The van der Waals surface area contributed by atoms with Crippen LogP contribution in [0.3, 0.4) is 0 Å². The van der Waals surface area contributed by atoms with E-state index in [9.17, 15) is 0 Å². The van der Waals surface area contributed by atoms with Crippen molar-refractivity contribution >= 4 is 5.69 Å². The fourth-order valence-electron chi connectivity index (χ4n) is 2.22. The molecule has 0 bridgehead atoms. The van der Waals surface area contributed by atoms with E-state index in [0.717, 1.165) is 13.1 Å². The normalized spacial score (nSPS) is 18.1. The Hall–Kier alpha value is -1.06. The first-order valence-corrected chi connectivity index (χ1v) is 5.90. The van der Waals surface area contributed by atoms with Gasteiger partial charge in [0.25, 0.3) is 0 Å². The first-order valence-electron chi connectivity index (χ1n) is 5.90. The van der Waals surface area contributed by atoms with Gasteiger partial charge in [0, 0.05) is 38.9 Å². The zero-order chi connectivity index (χ0) is 11.4. The van der Waals surface area contributed by atoms with Gasteiger partial charge in [-0.05, 0) is 31.0 Å². The van der Waals surface area contributed by atoms with Crippen molar-refractivity contribution in [1.29, 1.82) is 0 Å². The highest BCUT2D eigenvalue weighted by Gasteiger charge is 2.19. The molecule has 1 aliphatic rings. The Morgan fingerprint density at radius 2 is 1.88 bits per heavy atom. The zero-order valence-corrected chi connectivity index (χ0v) is 10.1. The standard InChI is InChI=1S/C13H20N3/c1-15(2)14-12-8-10-16(11-9-12)13-6-4-3-5-7-13/h4-7,12,14H,8-11H2,1-2H3. The van der Waals surface area contributed by atoms with Crippen molar-refractivity contribution in [2.24, 2.45) is 0 Å². The number of nitrogens with one attached hydrogen (secondary N) is 1. The Labute approximate surface area is 98.0 Å². The van der Waals surface area contributed by atoms with Gasteiger partial charge in [0.15, 0.2) is 0 Å². The van der Waals surface area contributed by atoms with Crippen molar-refractivity contribution in [2.75, 3.05) is 32.1 Å². The van der Waals surface area contributed by atoms with Crippen molar-refractivity contribution in [3.8, 4) is 0 Å². The molecule has 1 heterocycles. The van der Waals surface area contributed by atoms with Crippen LogP contribution in [0.5, 0.6) is 0 Å². The molecule has 0 atom stereocenters. The lowest BCUT2D eigenvalue weighted by Crippen LogP contribution is -2.47. The van der Waals surface area contributed by atoms with Gasteiger partial charge in [-0.3, -0.25) is 10.4 Å². The maximum Gasteiger partial charge on any atom is 0.0366 e. The smallest absolute Gasteiger partial charge is 0.0366 e. The highest BCUT2D eigenvalue weighted by atomic mass is 15.5. The molecule has 0 aromatic heterocycles. The maximum absolute atomic E-state index is 3.45. The predicted octanol–water partition coefficient (Wildman–Crippen LogP) is 1.52. The lowest BCUT2D eigenvalue weighted by molar-refractivity contribution is 0.219. The predicted molar refractivity (Wildman–Crippen MR) is 67.3 cm³/mol.